The maximum absolute atomic E-state index is 14.0. The van der Waals surface area contributed by atoms with Crippen molar-refractivity contribution in [2.45, 2.75) is 11.8 Å². The van der Waals surface area contributed by atoms with Crippen LogP contribution in [-0.4, -0.2) is 53.9 Å². The number of hydrogen-bond acceptors (Lipinski definition) is 7. The second-order valence-corrected chi connectivity index (χ2v) is 10.4. The summed E-state index contributed by atoms with van der Waals surface area (Å²) >= 11 is 6.29. The average Bonchev–Trinajstić information content (AvgIpc) is 2.92. The van der Waals surface area contributed by atoms with Gasteiger partial charge in [0.15, 0.2) is 0 Å². The predicted octanol–water partition coefficient (Wildman–Crippen LogP) is 4.69. The lowest BCUT2D eigenvalue weighted by atomic mass is 10.1. The summed E-state index contributed by atoms with van der Waals surface area (Å²) in [4.78, 5) is 28.5. The zero-order valence-electron chi connectivity index (χ0n) is 21.1. The smallest absolute Gasteiger partial charge is 0.335 e. The third-order valence-electron chi connectivity index (χ3n) is 5.45. The van der Waals surface area contributed by atoms with E-state index in [0.29, 0.717) is 11.1 Å². The van der Waals surface area contributed by atoms with Crippen LogP contribution in [0.25, 0.3) is 6.08 Å². The number of aryl methyl sites for hydroxylation is 1. The van der Waals surface area contributed by atoms with E-state index >= 15 is 0 Å². The molecule has 0 atom stereocenters. The predicted molar refractivity (Wildman–Crippen MR) is 148 cm³/mol. The van der Waals surface area contributed by atoms with Crippen molar-refractivity contribution in [2.75, 3.05) is 31.6 Å². The molecule has 38 heavy (non-hydrogen) atoms. The minimum Gasteiger partial charge on any atom is -0.468 e. The maximum atomic E-state index is 14.0. The van der Waals surface area contributed by atoms with E-state index in [2.05, 4.69) is 9.73 Å². The van der Waals surface area contributed by atoms with Gasteiger partial charge in [0.2, 0.25) is 0 Å². The van der Waals surface area contributed by atoms with E-state index in [4.69, 9.17) is 16.3 Å². The molecule has 0 saturated carbocycles. The molecule has 3 rings (SSSR count). The van der Waals surface area contributed by atoms with Gasteiger partial charge in [0.25, 0.3) is 10.0 Å². The zero-order chi connectivity index (χ0) is 27.7. The fourth-order valence-electron chi connectivity index (χ4n) is 3.47. The maximum Gasteiger partial charge on any atom is 0.335 e. The number of anilines is 1. The van der Waals surface area contributed by atoms with Crippen molar-refractivity contribution in [3.05, 3.63) is 100 Å². The zero-order valence-corrected chi connectivity index (χ0v) is 22.7. The van der Waals surface area contributed by atoms with Crippen LogP contribution in [0.1, 0.15) is 16.7 Å². The van der Waals surface area contributed by atoms with E-state index in [-0.39, 0.29) is 34.3 Å². The Morgan fingerprint density at radius 1 is 0.974 bits per heavy atom. The molecule has 10 heteroatoms. The molecule has 0 N–H and O–H groups in total. The number of aliphatic imine (C=N–C) groups is 1. The van der Waals surface area contributed by atoms with Crippen molar-refractivity contribution in [3.8, 4) is 0 Å². The second-order valence-electron chi connectivity index (χ2n) is 8.15. The molecule has 0 spiro atoms. The molecule has 0 fully saturated rings. The SMILES string of the molecule is COC(=O)CN=Cc1ccc(Cl)cc1N(C/C(=C/c1ccccc1)C(=O)OC)S(=O)(=O)c1ccc(C)cc1. The van der Waals surface area contributed by atoms with Crippen molar-refractivity contribution < 1.29 is 27.5 Å². The monoisotopic (exact) mass is 554 g/mol. The van der Waals surface area contributed by atoms with Gasteiger partial charge in [0.05, 0.1) is 36.9 Å². The van der Waals surface area contributed by atoms with Crippen molar-refractivity contribution >= 4 is 51.5 Å². The van der Waals surface area contributed by atoms with Gasteiger partial charge in [-0.25, -0.2) is 13.2 Å². The lowest BCUT2D eigenvalue weighted by Crippen LogP contribution is -2.35. The molecule has 198 valence electrons. The molecular formula is C28H27ClN2O6S. The first-order valence-electron chi connectivity index (χ1n) is 11.4. The summed E-state index contributed by atoms with van der Waals surface area (Å²) in [7, 11) is -1.74. The van der Waals surface area contributed by atoms with E-state index in [9.17, 15) is 18.0 Å². The van der Waals surface area contributed by atoms with Gasteiger partial charge in [-0.1, -0.05) is 59.6 Å². The number of esters is 2. The summed E-state index contributed by atoms with van der Waals surface area (Å²) in [6.07, 6.45) is 2.93. The van der Waals surface area contributed by atoms with Crippen molar-refractivity contribution in [3.63, 3.8) is 0 Å². The van der Waals surface area contributed by atoms with E-state index in [1.807, 2.05) is 13.0 Å². The number of nitrogens with zero attached hydrogens (tertiary/aromatic N) is 2. The van der Waals surface area contributed by atoms with Crippen LogP contribution in [0.5, 0.6) is 0 Å². The molecule has 0 unspecified atom stereocenters. The van der Waals surface area contributed by atoms with Gasteiger partial charge in [-0.15, -0.1) is 0 Å². The topological polar surface area (TPSA) is 102 Å². The first-order chi connectivity index (χ1) is 18.1. The summed E-state index contributed by atoms with van der Waals surface area (Å²) in [6.45, 7) is 1.22. The van der Waals surface area contributed by atoms with E-state index in [1.54, 1.807) is 54.6 Å². The number of ether oxygens (including phenoxy) is 2. The van der Waals surface area contributed by atoms with Crippen LogP contribution in [0.3, 0.4) is 0 Å². The van der Waals surface area contributed by atoms with Crippen molar-refractivity contribution in [1.29, 1.82) is 0 Å². The van der Waals surface area contributed by atoms with Crippen LogP contribution in [0, 0.1) is 6.92 Å². The number of hydrogen-bond donors (Lipinski definition) is 0. The number of methoxy groups -OCH3 is 2. The Hall–Kier alpha value is -3.95. The highest BCUT2D eigenvalue weighted by Gasteiger charge is 2.29. The standard InChI is InChI=1S/C28H27ClN2O6S/c1-20-9-13-25(14-10-20)38(34,35)31(19-23(28(33)37-3)15-21-7-5-4-6-8-21)26-16-24(29)12-11-22(26)17-30-18-27(32)36-2/h4-17H,18-19H2,1-3H3/b23-15-,30-17?. The van der Waals surface area contributed by atoms with E-state index in [0.717, 1.165) is 9.87 Å². The number of benzene rings is 3. The van der Waals surface area contributed by atoms with Gasteiger partial charge < -0.3 is 9.47 Å². The van der Waals surface area contributed by atoms with Gasteiger partial charge in [0.1, 0.15) is 6.54 Å². The Morgan fingerprint density at radius 2 is 1.66 bits per heavy atom. The average molecular weight is 555 g/mol. The van der Waals surface area contributed by atoms with Crippen molar-refractivity contribution in [1.82, 2.24) is 0 Å². The normalized spacial score (nSPS) is 11.8. The highest BCUT2D eigenvalue weighted by Crippen LogP contribution is 2.31. The number of carbonyl (C=O) groups is 2. The lowest BCUT2D eigenvalue weighted by Gasteiger charge is -2.27. The fourth-order valence-corrected chi connectivity index (χ4v) is 5.09. The minimum absolute atomic E-state index is 0.0180. The lowest BCUT2D eigenvalue weighted by molar-refractivity contribution is -0.139. The third-order valence-corrected chi connectivity index (χ3v) is 7.46. The fraction of sp³-hybridized carbons (Fsp3) is 0.179. The highest BCUT2D eigenvalue weighted by molar-refractivity contribution is 7.92. The summed E-state index contributed by atoms with van der Waals surface area (Å²) in [5.74, 6) is -1.25. The first kappa shape index (κ1) is 28.6. The van der Waals surface area contributed by atoms with Gasteiger partial charge in [0, 0.05) is 16.8 Å². The molecule has 0 amide bonds. The Labute approximate surface area is 227 Å². The summed E-state index contributed by atoms with van der Waals surface area (Å²) in [5, 5.41) is 0.265. The van der Waals surface area contributed by atoms with Crippen molar-refractivity contribution in [2.24, 2.45) is 4.99 Å². The molecule has 0 saturated heterocycles. The van der Waals surface area contributed by atoms with Crippen LogP contribution < -0.4 is 4.31 Å². The van der Waals surface area contributed by atoms with Crippen LogP contribution in [0.15, 0.2) is 88.3 Å². The summed E-state index contributed by atoms with van der Waals surface area (Å²) < 4.78 is 38.7. The Balaban J connectivity index is 2.21. The minimum atomic E-state index is -4.21. The van der Waals surface area contributed by atoms with Gasteiger partial charge >= 0.3 is 11.9 Å². The van der Waals surface area contributed by atoms with Crippen LogP contribution in [0.2, 0.25) is 5.02 Å². The van der Waals surface area contributed by atoms with Gasteiger partial charge in [-0.3, -0.25) is 14.1 Å². The molecule has 0 aliphatic carbocycles. The molecule has 3 aromatic rings. The summed E-state index contributed by atoms with van der Waals surface area (Å²) in [5.41, 5.74) is 2.18. The number of sulfonamides is 1. The van der Waals surface area contributed by atoms with Gasteiger partial charge in [-0.2, -0.15) is 0 Å². The Kier molecular flexibility index (Phi) is 9.81. The summed E-state index contributed by atoms with van der Waals surface area (Å²) in [6, 6.07) is 20.0. The Bertz CT molecular complexity index is 1450. The molecular weight excluding hydrogens is 528 g/mol. The highest BCUT2D eigenvalue weighted by atomic mass is 35.5. The van der Waals surface area contributed by atoms with Crippen LogP contribution in [0.4, 0.5) is 5.69 Å². The molecule has 0 bridgehead atoms. The van der Waals surface area contributed by atoms with Crippen LogP contribution in [-0.2, 0) is 29.1 Å². The first-order valence-corrected chi connectivity index (χ1v) is 13.3. The molecule has 0 aliphatic heterocycles. The quantitative estimate of drug-likeness (QED) is 0.205. The molecule has 0 aliphatic rings. The van der Waals surface area contributed by atoms with Gasteiger partial charge in [-0.05, 0) is 48.9 Å². The number of carbonyl (C=O) groups excluding carboxylic acids is 2. The number of rotatable bonds is 10. The molecule has 0 radical (unpaired) electrons. The van der Waals surface area contributed by atoms with E-state index < -0.39 is 22.0 Å². The Morgan fingerprint density at radius 3 is 2.29 bits per heavy atom. The molecule has 3 aromatic carbocycles. The third kappa shape index (κ3) is 7.30. The molecule has 8 nitrogen and oxygen atoms in total. The molecule has 0 aromatic heterocycles. The molecule has 0 heterocycles. The van der Waals surface area contributed by atoms with Crippen LogP contribution >= 0.6 is 11.6 Å². The second kappa shape index (κ2) is 13.0. The number of halogens is 1. The van der Waals surface area contributed by atoms with E-state index in [1.165, 1.54) is 38.6 Å². The largest absolute Gasteiger partial charge is 0.468 e.